The highest BCUT2D eigenvalue weighted by molar-refractivity contribution is 6.34. The molecule has 4 heteroatoms. The van der Waals surface area contributed by atoms with Gasteiger partial charge in [0.05, 0.1) is 28.0 Å². The minimum absolute atomic E-state index is 0.255. The van der Waals surface area contributed by atoms with E-state index in [1.807, 2.05) is 30.3 Å². The Balaban J connectivity index is 1.73. The van der Waals surface area contributed by atoms with Gasteiger partial charge >= 0.3 is 0 Å². The molecule has 2 heterocycles. The first-order chi connectivity index (χ1) is 11.7. The molecule has 0 atom stereocenters. The quantitative estimate of drug-likeness (QED) is 0.674. The summed E-state index contributed by atoms with van der Waals surface area (Å²) >= 11 is 0. The molecule has 1 saturated carbocycles. The molecule has 1 aliphatic heterocycles. The summed E-state index contributed by atoms with van der Waals surface area (Å²) in [5.41, 5.74) is 3.35. The Kier molecular flexibility index (Phi) is 2.65. The summed E-state index contributed by atoms with van der Waals surface area (Å²) in [6, 6.07) is 16.7. The highest BCUT2D eigenvalue weighted by atomic mass is 16.2. The molecule has 0 unspecified atom stereocenters. The molecule has 5 rings (SSSR count). The second-order valence-corrected chi connectivity index (χ2v) is 6.35. The van der Waals surface area contributed by atoms with Crippen LogP contribution < -0.4 is 4.90 Å². The van der Waals surface area contributed by atoms with E-state index in [2.05, 4.69) is 0 Å². The van der Waals surface area contributed by atoms with Crippen molar-refractivity contribution in [2.24, 2.45) is 0 Å². The van der Waals surface area contributed by atoms with E-state index < -0.39 is 0 Å². The lowest BCUT2D eigenvalue weighted by Gasteiger charge is -2.18. The fourth-order valence-corrected chi connectivity index (χ4v) is 3.36. The van der Waals surface area contributed by atoms with Gasteiger partial charge in [-0.1, -0.05) is 30.3 Å². The first kappa shape index (κ1) is 13.4. The number of para-hydroxylation sites is 1. The van der Waals surface area contributed by atoms with E-state index in [9.17, 15) is 9.59 Å². The molecule has 24 heavy (non-hydrogen) atoms. The molecular weight excluding hydrogens is 300 g/mol. The van der Waals surface area contributed by atoms with Crippen LogP contribution in [0.3, 0.4) is 0 Å². The summed E-state index contributed by atoms with van der Waals surface area (Å²) in [6.07, 6.45) is 2.11. The fraction of sp³-hybridized carbons (Fsp3) is 0.150. The zero-order valence-corrected chi connectivity index (χ0v) is 12.9. The molecule has 1 fully saturated rings. The first-order valence-corrected chi connectivity index (χ1v) is 8.11. The third kappa shape index (κ3) is 1.83. The van der Waals surface area contributed by atoms with Crippen LogP contribution in [-0.2, 0) is 0 Å². The van der Waals surface area contributed by atoms with Crippen molar-refractivity contribution in [2.45, 2.75) is 18.8 Å². The van der Waals surface area contributed by atoms with E-state index >= 15 is 0 Å². The predicted octanol–water partition coefficient (Wildman–Crippen LogP) is 3.91. The molecule has 1 aliphatic carbocycles. The van der Waals surface area contributed by atoms with Crippen LogP contribution in [0, 0.1) is 0 Å². The van der Waals surface area contributed by atoms with Gasteiger partial charge in [-0.25, -0.2) is 4.90 Å². The largest absolute Gasteiger partial charge is 0.268 e. The number of anilines is 1. The van der Waals surface area contributed by atoms with Crippen molar-refractivity contribution < 1.29 is 9.59 Å². The molecule has 3 aromatic rings. The average molecular weight is 314 g/mol. The Morgan fingerprint density at radius 2 is 1.50 bits per heavy atom. The van der Waals surface area contributed by atoms with Crippen LogP contribution in [-0.4, -0.2) is 16.8 Å². The summed E-state index contributed by atoms with van der Waals surface area (Å²) in [7, 11) is 0. The van der Waals surface area contributed by atoms with Gasteiger partial charge in [-0.2, -0.15) is 0 Å². The lowest BCUT2D eigenvalue weighted by molar-refractivity contribution is 0.0926. The van der Waals surface area contributed by atoms with Crippen molar-refractivity contribution in [3.8, 4) is 0 Å². The maximum atomic E-state index is 12.8. The molecule has 0 bridgehead atoms. The van der Waals surface area contributed by atoms with Gasteiger partial charge in [-0.15, -0.1) is 0 Å². The number of benzene rings is 2. The van der Waals surface area contributed by atoms with Gasteiger partial charge in [0.2, 0.25) is 0 Å². The molecule has 1 aromatic heterocycles. The number of carbonyl (C=O) groups is 2. The Hall–Kier alpha value is -3.01. The molecule has 0 saturated heterocycles. The number of hydrogen-bond acceptors (Lipinski definition) is 3. The van der Waals surface area contributed by atoms with Crippen LogP contribution in [0.25, 0.3) is 10.9 Å². The molecule has 0 radical (unpaired) electrons. The van der Waals surface area contributed by atoms with Crippen molar-refractivity contribution in [1.82, 2.24) is 4.98 Å². The number of rotatable bonds is 2. The second kappa shape index (κ2) is 4.74. The summed E-state index contributed by atoms with van der Waals surface area (Å²) in [5, 5.41) is 0.938. The molecule has 4 nitrogen and oxygen atoms in total. The number of nitrogens with zero attached hydrogens (tertiary/aromatic N) is 2. The van der Waals surface area contributed by atoms with Gasteiger partial charge in [0.15, 0.2) is 0 Å². The molecule has 2 amide bonds. The molecule has 2 aliphatic rings. The highest BCUT2D eigenvalue weighted by Crippen LogP contribution is 2.45. The first-order valence-electron chi connectivity index (χ1n) is 8.11. The second-order valence-electron chi connectivity index (χ2n) is 6.35. The minimum Gasteiger partial charge on any atom is -0.268 e. The Labute approximate surface area is 138 Å². The maximum absolute atomic E-state index is 12.8. The number of hydrogen-bond donors (Lipinski definition) is 0. The van der Waals surface area contributed by atoms with Crippen LogP contribution in [0.2, 0.25) is 0 Å². The zero-order chi connectivity index (χ0) is 16.3. The van der Waals surface area contributed by atoms with E-state index in [1.165, 1.54) is 4.90 Å². The van der Waals surface area contributed by atoms with Gasteiger partial charge in [-0.05, 0) is 37.1 Å². The Bertz CT molecular complexity index is 986. The fourth-order valence-electron chi connectivity index (χ4n) is 3.36. The number of aromatic nitrogens is 1. The number of amides is 2. The van der Waals surface area contributed by atoms with Crippen molar-refractivity contribution >= 4 is 28.4 Å². The van der Waals surface area contributed by atoms with Gasteiger partial charge in [-0.3, -0.25) is 14.6 Å². The van der Waals surface area contributed by atoms with Crippen LogP contribution in [0.4, 0.5) is 5.69 Å². The smallest absolute Gasteiger partial charge is 0.266 e. The number of imide groups is 1. The van der Waals surface area contributed by atoms with E-state index in [4.69, 9.17) is 4.98 Å². The van der Waals surface area contributed by atoms with Crippen LogP contribution in [0.1, 0.15) is 45.2 Å². The normalized spacial score (nSPS) is 16.8. The predicted molar refractivity (Wildman–Crippen MR) is 91.3 cm³/mol. The van der Waals surface area contributed by atoms with Crippen LogP contribution in [0.15, 0.2) is 54.6 Å². The van der Waals surface area contributed by atoms with E-state index in [0.717, 1.165) is 29.4 Å². The monoisotopic (exact) mass is 314 g/mol. The van der Waals surface area contributed by atoms with Crippen molar-refractivity contribution in [3.63, 3.8) is 0 Å². The Morgan fingerprint density at radius 3 is 2.17 bits per heavy atom. The van der Waals surface area contributed by atoms with Crippen molar-refractivity contribution in [2.75, 3.05) is 4.90 Å². The molecule has 2 aromatic carbocycles. The van der Waals surface area contributed by atoms with Gasteiger partial charge in [0, 0.05) is 11.3 Å². The third-order valence-electron chi connectivity index (χ3n) is 4.73. The van der Waals surface area contributed by atoms with E-state index in [-0.39, 0.29) is 11.8 Å². The number of carbonyl (C=O) groups excluding carboxylic acids is 2. The van der Waals surface area contributed by atoms with Crippen LogP contribution in [0.5, 0.6) is 0 Å². The van der Waals surface area contributed by atoms with Crippen molar-refractivity contribution in [3.05, 3.63) is 71.4 Å². The summed E-state index contributed by atoms with van der Waals surface area (Å²) < 4.78 is 0. The third-order valence-corrected chi connectivity index (χ3v) is 4.73. The standard InChI is InChI=1S/C20H14N2O2/c23-19-14-6-2-3-7-15(14)20(24)22(19)17-11-13-5-1-4-8-16(13)21-18(17)12-9-10-12/h1-8,11-12H,9-10H2. The van der Waals surface area contributed by atoms with Gasteiger partial charge < -0.3 is 0 Å². The topological polar surface area (TPSA) is 50.3 Å². The number of fused-ring (bicyclic) bond motifs is 2. The lowest BCUT2D eigenvalue weighted by atomic mass is 10.1. The number of pyridine rings is 1. The summed E-state index contributed by atoms with van der Waals surface area (Å²) in [4.78, 5) is 31.7. The molecular formula is C20H14N2O2. The maximum Gasteiger partial charge on any atom is 0.266 e. The highest BCUT2D eigenvalue weighted by Gasteiger charge is 2.40. The molecule has 0 spiro atoms. The minimum atomic E-state index is -0.255. The van der Waals surface area contributed by atoms with Crippen LogP contribution >= 0.6 is 0 Å². The van der Waals surface area contributed by atoms with Gasteiger partial charge in [0.1, 0.15) is 0 Å². The zero-order valence-electron chi connectivity index (χ0n) is 12.9. The van der Waals surface area contributed by atoms with Crippen molar-refractivity contribution in [1.29, 1.82) is 0 Å². The molecule has 116 valence electrons. The van der Waals surface area contributed by atoms with E-state index in [1.54, 1.807) is 24.3 Å². The van der Waals surface area contributed by atoms with Gasteiger partial charge in [0.25, 0.3) is 11.8 Å². The summed E-state index contributed by atoms with van der Waals surface area (Å²) in [5.74, 6) is -0.168. The average Bonchev–Trinajstić information content (AvgIpc) is 3.42. The molecule has 0 N–H and O–H groups in total. The lowest BCUT2D eigenvalue weighted by Crippen LogP contribution is -2.30. The Morgan fingerprint density at radius 1 is 0.875 bits per heavy atom. The summed E-state index contributed by atoms with van der Waals surface area (Å²) in [6.45, 7) is 0. The van der Waals surface area contributed by atoms with E-state index in [0.29, 0.717) is 22.7 Å². The SMILES string of the molecule is O=C1c2ccccc2C(=O)N1c1cc2ccccc2nc1C1CC1.